The van der Waals surface area contributed by atoms with Crippen LogP contribution in [-0.2, 0) is 13.0 Å². The van der Waals surface area contributed by atoms with Crippen molar-refractivity contribution >= 4 is 18.3 Å². The van der Waals surface area contributed by atoms with Gasteiger partial charge < -0.3 is 15.7 Å². The number of hydrogen-bond acceptors (Lipinski definition) is 4. The Bertz CT molecular complexity index is 542. The zero-order valence-electron chi connectivity index (χ0n) is 13.7. The summed E-state index contributed by atoms with van der Waals surface area (Å²) >= 11 is 0. The number of halogens is 1. The molecule has 23 heavy (non-hydrogen) atoms. The molecule has 0 aromatic carbocycles. The van der Waals surface area contributed by atoms with Crippen LogP contribution in [0.3, 0.4) is 0 Å². The molecule has 0 saturated heterocycles. The van der Waals surface area contributed by atoms with Crippen molar-refractivity contribution in [2.24, 2.45) is 11.3 Å². The second-order valence-corrected chi connectivity index (χ2v) is 6.77. The van der Waals surface area contributed by atoms with Crippen molar-refractivity contribution in [1.29, 1.82) is 0 Å². The maximum absolute atomic E-state index is 12.5. The molecule has 1 aromatic rings. The zero-order chi connectivity index (χ0) is 15.6. The predicted octanol–water partition coefficient (Wildman–Crippen LogP) is 1.40. The summed E-state index contributed by atoms with van der Waals surface area (Å²) in [6.45, 7) is 4.72. The zero-order valence-corrected chi connectivity index (χ0v) is 14.5. The van der Waals surface area contributed by atoms with Gasteiger partial charge in [0.2, 0.25) is 0 Å². The van der Waals surface area contributed by atoms with Crippen molar-refractivity contribution in [3.8, 4) is 0 Å². The second-order valence-electron chi connectivity index (χ2n) is 6.77. The van der Waals surface area contributed by atoms with Crippen molar-refractivity contribution in [1.82, 2.24) is 20.8 Å². The van der Waals surface area contributed by atoms with E-state index < -0.39 is 0 Å². The summed E-state index contributed by atoms with van der Waals surface area (Å²) < 4.78 is 0. The van der Waals surface area contributed by atoms with Gasteiger partial charge in [0, 0.05) is 43.9 Å². The summed E-state index contributed by atoms with van der Waals surface area (Å²) in [4.78, 5) is 12.5. The van der Waals surface area contributed by atoms with Gasteiger partial charge in [0.15, 0.2) is 5.69 Å². The number of aromatic nitrogens is 2. The van der Waals surface area contributed by atoms with Gasteiger partial charge in [0.1, 0.15) is 0 Å². The molecule has 1 aliphatic carbocycles. The number of aliphatic hydroxyl groups excluding tert-OH is 1. The average molecular weight is 343 g/mol. The molecule has 0 bridgehead atoms. The minimum Gasteiger partial charge on any atom is -0.396 e. The summed E-state index contributed by atoms with van der Waals surface area (Å²) in [5.41, 5.74) is 2.78. The van der Waals surface area contributed by atoms with Crippen LogP contribution in [0.2, 0.25) is 0 Å². The Kier molecular flexibility index (Phi) is 6.06. The number of amides is 1. The molecule has 0 radical (unpaired) electrons. The summed E-state index contributed by atoms with van der Waals surface area (Å²) in [6, 6.07) is 0. The molecule has 130 valence electrons. The van der Waals surface area contributed by atoms with E-state index in [1.165, 1.54) is 6.42 Å². The maximum Gasteiger partial charge on any atom is 0.272 e. The van der Waals surface area contributed by atoms with Crippen LogP contribution >= 0.6 is 12.4 Å². The van der Waals surface area contributed by atoms with Gasteiger partial charge in [0.25, 0.3) is 5.91 Å². The largest absolute Gasteiger partial charge is 0.396 e. The molecule has 7 heteroatoms. The monoisotopic (exact) mass is 342 g/mol. The Balaban J connectivity index is 0.00000192. The van der Waals surface area contributed by atoms with E-state index in [4.69, 9.17) is 0 Å². The average Bonchev–Trinajstić information content (AvgIpc) is 2.90. The third kappa shape index (κ3) is 3.54. The van der Waals surface area contributed by atoms with Gasteiger partial charge in [-0.3, -0.25) is 9.89 Å². The first-order chi connectivity index (χ1) is 10.7. The minimum absolute atomic E-state index is 0. The number of carbonyl (C=O) groups is 1. The molecule has 1 saturated carbocycles. The third-order valence-electron chi connectivity index (χ3n) is 5.58. The number of nitrogens with one attached hydrogen (secondary N) is 3. The fourth-order valence-corrected chi connectivity index (χ4v) is 3.73. The summed E-state index contributed by atoms with van der Waals surface area (Å²) in [5, 5.41) is 22.7. The lowest BCUT2D eigenvalue weighted by Gasteiger charge is -2.46. The second kappa shape index (κ2) is 7.64. The van der Waals surface area contributed by atoms with Crippen molar-refractivity contribution in [2.45, 2.75) is 45.6 Å². The van der Waals surface area contributed by atoms with Gasteiger partial charge >= 0.3 is 0 Å². The Hall–Kier alpha value is -1.11. The number of aliphatic hydroxyl groups is 1. The Morgan fingerprint density at radius 2 is 2.26 bits per heavy atom. The van der Waals surface area contributed by atoms with Crippen molar-refractivity contribution in [2.75, 3.05) is 19.7 Å². The van der Waals surface area contributed by atoms with Crippen LogP contribution in [0, 0.1) is 11.3 Å². The fourth-order valence-electron chi connectivity index (χ4n) is 3.73. The van der Waals surface area contributed by atoms with Gasteiger partial charge in [-0.25, -0.2) is 0 Å². The molecule has 2 aliphatic rings. The molecule has 1 fully saturated rings. The number of fused-ring (bicyclic) bond motifs is 1. The molecule has 2 heterocycles. The van der Waals surface area contributed by atoms with Crippen molar-refractivity contribution < 1.29 is 9.90 Å². The Labute approximate surface area is 143 Å². The Morgan fingerprint density at radius 3 is 2.91 bits per heavy atom. The van der Waals surface area contributed by atoms with Gasteiger partial charge in [0.05, 0.1) is 0 Å². The Morgan fingerprint density at radius 1 is 1.48 bits per heavy atom. The van der Waals surface area contributed by atoms with E-state index in [1.54, 1.807) is 0 Å². The quantitative estimate of drug-likeness (QED) is 0.629. The van der Waals surface area contributed by atoms with E-state index in [1.807, 2.05) is 0 Å². The molecule has 3 rings (SSSR count). The summed E-state index contributed by atoms with van der Waals surface area (Å²) in [5.74, 6) is 0.352. The highest BCUT2D eigenvalue weighted by Crippen LogP contribution is 2.47. The molecule has 1 aliphatic heterocycles. The number of carbonyl (C=O) groups excluding carboxylic acids is 1. The van der Waals surface area contributed by atoms with E-state index in [2.05, 4.69) is 27.8 Å². The summed E-state index contributed by atoms with van der Waals surface area (Å²) in [7, 11) is 0. The maximum atomic E-state index is 12.5. The molecule has 1 amide bonds. The van der Waals surface area contributed by atoms with Crippen molar-refractivity contribution in [3.05, 3.63) is 17.0 Å². The van der Waals surface area contributed by atoms with Crippen LogP contribution < -0.4 is 10.6 Å². The number of rotatable bonds is 6. The van der Waals surface area contributed by atoms with Crippen LogP contribution in [0.15, 0.2) is 0 Å². The van der Waals surface area contributed by atoms with Gasteiger partial charge in [-0.05, 0) is 30.6 Å². The fraction of sp³-hybridized carbons (Fsp3) is 0.750. The van der Waals surface area contributed by atoms with E-state index >= 15 is 0 Å². The molecule has 6 nitrogen and oxygen atoms in total. The number of hydrogen-bond donors (Lipinski definition) is 4. The van der Waals surface area contributed by atoms with Crippen LogP contribution in [0.1, 0.15) is 54.4 Å². The van der Waals surface area contributed by atoms with Gasteiger partial charge in [-0.2, -0.15) is 5.10 Å². The third-order valence-corrected chi connectivity index (χ3v) is 5.58. The highest BCUT2D eigenvalue weighted by atomic mass is 35.5. The topological polar surface area (TPSA) is 90.0 Å². The molecule has 1 aromatic heterocycles. The van der Waals surface area contributed by atoms with Crippen molar-refractivity contribution in [3.63, 3.8) is 0 Å². The lowest BCUT2D eigenvalue weighted by molar-refractivity contribution is 0.0409. The lowest BCUT2D eigenvalue weighted by atomic mass is 9.60. The van der Waals surface area contributed by atoms with Gasteiger partial charge in [-0.1, -0.05) is 13.3 Å². The molecular formula is C16H27ClN4O2. The lowest BCUT2D eigenvalue weighted by Crippen LogP contribution is -2.46. The SMILES string of the molecule is CC(CCO)C1(CNC(=O)c2n[nH]c3c2CNCC3)CCC1.Cl. The van der Waals surface area contributed by atoms with Crippen LogP contribution in [0.25, 0.3) is 0 Å². The predicted molar refractivity (Wildman–Crippen MR) is 90.7 cm³/mol. The summed E-state index contributed by atoms with van der Waals surface area (Å²) in [6.07, 6.45) is 5.18. The standard InChI is InChI=1S/C16H26N4O2.ClH/c1-11(4-8-21)16(5-2-6-16)10-18-15(22)14-12-9-17-7-3-13(12)19-20-14;/h11,17,21H,2-10H2,1H3,(H,18,22)(H,19,20);1H. The molecule has 1 atom stereocenters. The highest BCUT2D eigenvalue weighted by molar-refractivity contribution is 5.94. The smallest absolute Gasteiger partial charge is 0.272 e. The normalized spacial score (nSPS) is 19.9. The van der Waals surface area contributed by atoms with Crippen LogP contribution in [0.5, 0.6) is 0 Å². The molecule has 1 unspecified atom stereocenters. The molecule has 0 spiro atoms. The van der Waals surface area contributed by atoms with E-state index in [0.717, 1.165) is 43.5 Å². The van der Waals surface area contributed by atoms with Crippen LogP contribution in [0.4, 0.5) is 0 Å². The first-order valence-electron chi connectivity index (χ1n) is 8.32. The number of aromatic amines is 1. The van der Waals surface area contributed by atoms with Crippen LogP contribution in [-0.4, -0.2) is 40.9 Å². The first-order valence-corrected chi connectivity index (χ1v) is 8.32. The molecule has 4 N–H and O–H groups in total. The van der Waals surface area contributed by atoms with Gasteiger partial charge in [-0.15, -0.1) is 12.4 Å². The number of H-pyrrole nitrogens is 1. The van der Waals surface area contributed by atoms with E-state index in [-0.39, 0.29) is 30.3 Å². The highest BCUT2D eigenvalue weighted by Gasteiger charge is 2.41. The van der Waals surface area contributed by atoms with E-state index in [0.29, 0.717) is 24.7 Å². The number of nitrogens with zero attached hydrogens (tertiary/aromatic N) is 1. The van der Waals surface area contributed by atoms with E-state index in [9.17, 15) is 9.90 Å². The first kappa shape index (κ1) is 18.2. The minimum atomic E-state index is -0.0799. The molecular weight excluding hydrogens is 316 g/mol.